The molecule has 2 saturated heterocycles. The molecule has 34 heavy (non-hydrogen) atoms. The summed E-state index contributed by atoms with van der Waals surface area (Å²) in [5.41, 5.74) is 2.08. The van der Waals surface area contributed by atoms with E-state index in [0.29, 0.717) is 5.82 Å². The number of anilines is 1. The van der Waals surface area contributed by atoms with Gasteiger partial charge in [-0.1, -0.05) is 6.58 Å². The van der Waals surface area contributed by atoms with Crippen LogP contribution in [0.25, 0.3) is 10.6 Å². The van der Waals surface area contributed by atoms with E-state index in [0.717, 1.165) is 73.7 Å². The van der Waals surface area contributed by atoms with Crippen LogP contribution < -0.4 is 15.4 Å². The SMILES string of the molecule is C=CC(=O)N1CCCC1.COc1ccc(-c2nc(NC(=O)N[C@H]3CCCN(C)C3)cs2)cc1C. The van der Waals surface area contributed by atoms with Crippen LogP contribution in [0.15, 0.2) is 36.2 Å². The molecule has 2 aliphatic rings. The summed E-state index contributed by atoms with van der Waals surface area (Å²) in [6, 6.07) is 5.96. The number of piperidine rings is 1. The number of aryl methyl sites for hydroxylation is 1. The summed E-state index contributed by atoms with van der Waals surface area (Å²) in [5.74, 6) is 1.51. The summed E-state index contributed by atoms with van der Waals surface area (Å²) in [6.07, 6.45) is 5.81. The second-order valence-electron chi connectivity index (χ2n) is 8.66. The van der Waals surface area contributed by atoms with Gasteiger partial charge in [-0.15, -0.1) is 11.3 Å². The fraction of sp³-hybridized carbons (Fsp3) is 0.480. The quantitative estimate of drug-likeness (QED) is 0.622. The van der Waals surface area contributed by atoms with E-state index in [9.17, 15) is 9.59 Å². The molecule has 0 spiro atoms. The third-order valence-electron chi connectivity index (χ3n) is 5.94. The molecule has 2 N–H and O–H groups in total. The van der Waals surface area contributed by atoms with E-state index in [4.69, 9.17) is 4.74 Å². The van der Waals surface area contributed by atoms with E-state index in [2.05, 4.69) is 34.1 Å². The molecular weight excluding hydrogens is 450 g/mol. The summed E-state index contributed by atoms with van der Waals surface area (Å²) in [4.78, 5) is 31.6. The Hall–Kier alpha value is -2.91. The number of ether oxygens (including phenoxy) is 1. The van der Waals surface area contributed by atoms with Crippen LogP contribution in [0.4, 0.5) is 10.6 Å². The van der Waals surface area contributed by atoms with Gasteiger partial charge in [0.15, 0.2) is 0 Å². The maximum absolute atomic E-state index is 12.2. The van der Waals surface area contributed by atoms with Gasteiger partial charge in [-0.2, -0.15) is 0 Å². The molecule has 0 radical (unpaired) electrons. The predicted molar refractivity (Wildman–Crippen MR) is 138 cm³/mol. The van der Waals surface area contributed by atoms with E-state index >= 15 is 0 Å². The molecule has 8 nitrogen and oxygen atoms in total. The second-order valence-corrected chi connectivity index (χ2v) is 9.52. The number of carbonyl (C=O) groups is 2. The van der Waals surface area contributed by atoms with Gasteiger partial charge in [0.2, 0.25) is 5.91 Å². The maximum Gasteiger partial charge on any atom is 0.320 e. The maximum atomic E-state index is 12.2. The average molecular weight is 486 g/mol. The summed E-state index contributed by atoms with van der Waals surface area (Å²) < 4.78 is 5.29. The smallest absolute Gasteiger partial charge is 0.320 e. The normalized spacial score (nSPS) is 18.0. The van der Waals surface area contributed by atoms with Crippen LogP contribution in [0.5, 0.6) is 5.75 Å². The minimum Gasteiger partial charge on any atom is -0.496 e. The molecule has 2 fully saturated rings. The topological polar surface area (TPSA) is 86.8 Å². The number of hydrogen-bond donors (Lipinski definition) is 2. The van der Waals surface area contributed by atoms with Crippen LogP contribution in [0.3, 0.4) is 0 Å². The molecule has 9 heteroatoms. The van der Waals surface area contributed by atoms with Gasteiger partial charge >= 0.3 is 6.03 Å². The van der Waals surface area contributed by atoms with Gasteiger partial charge in [0, 0.05) is 36.6 Å². The standard InChI is InChI=1S/C18H24N4O2S.C7H11NO/c1-12-9-13(6-7-15(12)24-3)17-20-16(11-25-17)21-18(23)19-14-5-4-8-22(2)10-14;1-2-7(9)8-5-3-4-6-8/h6-7,9,11,14H,4-5,8,10H2,1-3H3,(H2,19,21,23);2H,1,3-6H2/t14-;/m0./s1. The van der Waals surface area contributed by atoms with Gasteiger partial charge in [-0.25, -0.2) is 9.78 Å². The van der Waals surface area contributed by atoms with E-state index in [1.807, 2.05) is 35.4 Å². The van der Waals surface area contributed by atoms with Crippen molar-refractivity contribution in [2.75, 3.05) is 45.7 Å². The number of thiazole rings is 1. The zero-order valence-corrected chi connectivity index (χ0v) is 21.1. The molecule has 0 unspecified atom stereocenters. The molecule has 1 aromatic carbocycles. The van der Waals surface area contributed by atoms with Gasteiger partial charge in [-0.05, 0) is 76.0 Å². The van der Waals surface area contributed by atoms with Crippen molar-refractivity contribution in [1.29, 1.82) is 0 Å². The molecule has 4 rings (SSSR count). The molecule has 2 aliphatic heterocycles. The number of urea groups is 1. The Morgan fingerprint density at radius 3 is 2.65 bits per heavy atom. The van der Waals surface area contributed by atoms with Crippen molar-refractivity contribution in [1.82, 2.24) is 20.1 Å². The molecule has 0 aliphatic carbocycles. The van der Waals surface area contributed by atoms with Crippen LogP contribution in [-0.2, 0) is 4.79 Å². The number of carbonyl (C=O) groups excluding carboxylic acids is 2. The lowest BCUT2D eigenvalue weighted by Crippen LogP contribution is -2.47. The van der Waals surface area contributed by atoms with Crippen molar-refractivity contribution in [2.45, 2.75) is 38.6 Å². The minimum atomic E-state index is -0.192. The summed E-state index contributed by atoms with van der Waals surface area (Å²) >= 11 is 1.51. The fourth-order valence-corrected chi connectivity index (χ4v) is 4.91. The number of nitrogens with zero attached hydrogens (tertiary/aromatic N) is 3. The highest BCUT2D eigenvalue weighted by atomic mass is 32.1. The molecule has 3 heterocycles. The number of likely N-dealkylation sites (N-methyl/N-ethyl adjacent to an activating group) is 1. The van der Waals surface area contributed by atoms with E-state index in [1.54, 1.807) is 7.11 Å². The number of aromatic nitrogens is 1. The Bertz CT molecular complexity index is 987. The predicted octanol–water partition coefficient (Wildman–Crippen LogP) is 4.14. The second kappa shape index (κ2) is 12.5. The Kier molecular flexibility index (Phi) is 9.47. The van der Waals surface area contributed by atoms with Crippen LogP contribution in [-0.4, -0.2) is 73.1 Å². The van der Waals surface area contributed by atoms with Crippen molar-refractivity contribution < 1.29 is 14.3 Å². The van der Waals surface area contributed by atoms with Gasteiger partial charge in [0.1, 0.15) is 16.6 Å². The van der Waals surface area contributed by atoms with Gasteiger partial charge in [-0.3, -0.25) is 10.1 Å². The molecule has 1 atom stereocenters. The lowest BCUT2D eigenvalue weighted by atomic mass is 10.1. The van der Waals surface area contributed by atoms with Crippen LogP contribution in [0.2, 0.25) is 0 Å². The molecule has 184 valence electrons. The molecule has 1 aromatic heterocycles. The number of likely N-dealkylation sites (tertiary alicyclic amines) is 2. The monoisotopic (exact) mass is 485 g/mol. The fourth-order valence-electron chi connectivity index (χ4n) is 4.16. The van der Waals surface area contributed by atoms with E-state index in [1.165, 1.54) is 17.4 Å². The average Bonchev–Trinajstić information content (AvgIpc) is 3.51. The number of methoxy groups -OCH3 is 1. The molecular formula is C25H35N5O3S. The third-order valence-corrected chi connectivity index (χ3v) is 6.83. The zero-order valence-electron chi connectivity index (χ0n) is 20.3. The van der Waals surface area contributed by atoms with Crippen molar-refractivity contribution in [3.8, 4) is 16.3 Å². The lowest BCUT2D eigenvalue weighted by molar-refractivity contribution is -0.124. The third kappa shape index (κ3) is 7.30. The number of nitrogens with one attached hydrogen (secondary N) is 2. The first-order chi connectivity index (χ1) is 16.4. The van der Waals surface area contributed by atoms with Crippen molar-refractivity contribution in [3.63, 3.8) is 0 Å². The number of benzene rings is 1. The summed E-state index contributed by atoms with van der Waals surface area (Å²) in [6.45, 7) is 9.24. The molecule has 2 aromatic rings. The Balaban J connectivity index is 0.000000302. The Morgan fingerprint density at radius 1 is 1.24 bits per heavy atom. The van der Waals surface area contributed by atoms with Gasteiger partial charge in [0.05, 0.1) is 7.11 Å². The van der Waals surface area contributed by atoms with Crippen LogP contribution in [0.1, 0.15) is 31.2 Å². The van der Waals surface area contributed by atoms with Crippen molar-refractivity contribution in [3.05, 3.63) is 41.8 Å². The number of rotatable bonds is 5. The Labute approximate surface area is 206 Å². The largest absolute Gasteiger partial charge is 0.496 e. The number of amides is 3. The van der Waals surface area contributed by atoms with E-state index < -0.39 is 0 Å². The van der Waals surface area contributed by atoms with E-state index in [-0.39, 0.29) is 18.0 Å². The highest BCUT2D eigenvalue weighted by molar-refractivity contribution is 7.13. The molecule has 0 bridgehead atoms. The first-order valence-corrected chi connectivity index (χ1v) is 12.6. The minimum absolute atomic E-state index is 0.0764. The summed E-state index contributed by atoms with van der Waals surface area (Å²) in [7, 11) is 3.74. The van der Waals surface area contributed by atoms with Crippen LogP contribution >= 0.6 is 11.3 Å². The number of hydrogen-bond acceptors (Lipinski definition) is 6. The van der Waals surface area contributed by atoms with Gasteiger partial charge in [0.25, 0.3) is 0 Å². The molecule has 0 saturated carbocycles. The summed E-state index contributed by atoms with van der Waals surface area (Å²) in [5, 5.41) is 8.60. The van der Waals surface area contributed by atoms with Gasteiger partial charge < -0.3 is 19.9 Å². The van der Waals surface area contributed by atoms with Crippen LogP contribution in [0, 0.1) is 6.92 Å². The highest BCUT2D eigenvalue weighted by Crippen LogP contribution is 2.29. The lowest BCUT2D eigenvalue weighted by Gasteiger charge is -2.30. The highest BCUT2D eigenvalue weighted by Gasteiger charge is 2.19. The van der Waals surface area contributed by atoms with Crippen molar-refractivity contribution in [2.24, 2.45) is 0 Å². The first-order valence-electron chi connectivity index (χ1n) is 11.7. The first kappa shape index (κ1) is 25.7. The van der Waals surface area contributed by atoms with Crippen molar-refractivity contribution >= 4 is 29.1 Å². The zero-order chi connectivity index (χ0) is 24.5. The molecule has 3 amide bonds. The Morgan fingerprint density at radius 2 is 2.00 bits per heavy atom.